The fourth-order valence-electron chi connectivity index (χ4n) is 9.53. The van der Waals surface area contributed by atoms with E-state index in [9.17, 15) is 0 Å². The van der Waals surface area contributed by atoms with Crippen molar-refractivity contribution < 1.29 is 0 Å². The zero-order valence-corrected chi connectivity index (χ0v) is 36.8. The number of para-hydroxylation sites is 2. The largest absolute Gasteiger partial charge is 0.294 e. The molecule has 0 N–H and O–H groups in total. The molecule has 0 radical (unpaired) electrons. The molecule has 0 aliphatic carbocycles. The molecule has 5 heterocycles. The van der Waals surface area contributed by atoms with Gasteiger partial charge in [0.15, 0.2) is 0 Å². The minimum absolute atomic E-state index is 0.850. The van der Waals surface area contributed by atoms with E-state index in [0.717, 1.165) is 116 Å². The van der Waals surface area contributed by atoms with Crippen LogP contribution in [-0.2, 0) is 0 Å². The minimum Gasteiger partial charge on any atom is -0.294 e. The van der Waals surface area contributed by atoms with Gasteiger partial charge in [0.25, 0.3) is 0 Å². The van der Waals surface area contributed by atoms with Crippen LogP contribution in [0.3, 0.4) is 0 Å². The van der Waals surface area contributed by atoms with Crippen LogP contribution < -0.4 is 0 Å². The Hall–Kier alpha value is -8.78. The van der Waals surface area contributed by atoms with E-state index in [0.29, 0.717) is 0 Å². The summed E-state index contributed by atoms with van der Waals surface area (Å²) in [5, 5.41) is 16.0. The van der Waals surface area contributed by atoms with E-state index in [2.05, 4.69) is 228 Å². The normalized spacial score (nSPS) is 11.6. The van der Waals surface area contributed by atoms with Crippen molar-refractivity contribution in [3.8, 4) is 77.5 Å². The van der Waals surface area contributed by atoms with Crippen molar-refractivity contribution in [2.75, 3.05) is 0 Å². The van der Waals surface area contributed by atoms with Gasteiger partial charge in [0.2, 0.25) is 0 Å². The van der Waals surface area contributed by atoms with Crippen LogP contribution in [0.4, 0.5) is 0 Å². The molecule has 67 heavy (non-hydrogen) atoms. The molecule has 8 aromatic carbocycles. The van der Waals surface area contributed by atoms with Crippen LogP contribution in [0, 0.1) is 0 Å². The summed E-state index contributed by atoms with van der Waals surface area (Å²) in [6.07, 6.45) is 0. The predicted molar refractivity (Wildman–Crippen MR) is 277 cm³/mol. The van der Waals surface area contributed by atoms with Gasteiger partial charge in [-0.25, -0.2) is 9.97 Å². The molecule has 7 heteroatoms. The first-order chi connectivity index (χ1) is 33.2. The van der Waals surface area contributed by atoms with E-state index in [1.165, 1.54) is 5.39 Å². The van der Waals surface area contributed by atoms with E-state index in [4.69, 9.17) is 20.2 Å². The van der Waals surface area contributed by atoms with Crippen LogP contribution in [0.25, 0.3) is 121 Å². The molecule has 0 saturated carbocycles. The van der Waals surface area contributed by atoms with Crippen LogP contribution in [0.2, 0.25) is 0 Å². The fourth-order valence-corrected chi connectivity index (χ4v) is 10.4. The van der Waals surface area contributed by atoms with Crippen molar-refractivity contribution in [1.82, 2.24) is 29.3 Å². The standard InChI is InChI=1S/C60H38N6S/c1-5-17-39(18-6-1)45-34-51(41-21-9-3-10-22-41)61-57(37-45)65-54-28-16-14-26-48(54)50-33-43(30-32-55(50)65)59-63-64-60(67-59)44-29-31-49-47-25-13-15-27-53(47)66(56(49)36-44)58-38-46(40-19-7-2-8-20-40)35-52(62-58)42-23-11-4-12-24-42/h1-38H. The minimum atomic E-state index is 0.850. The average molecular weight is 875 g/mol. The van der Waals surface area contributed by atoms with E-state index in [-0.39, 0.29) is 0 Å². The first kappa shape index (κ1) is 38.7. The lowest BCUT2D eigenvalue weighted by Crippen LogP contribution is -2.00. The molecule has 0 amide bonds. The van der Waals surface area contributed by atoms with Gasteiger partial charge in [-0.1, -0.05) is 181 Å². The molecule has 0 fully saturated rings. The van der Waals surface area contributed by atoms with Gasteiger partial charge in [0.1, 0.15) is 21.7 Å². The molecule has 0 atom stereocenters. The van der Waals surface area contributed by atoms with Crippen molar-refractivity contribution >= 4 is 54.9 Å². The summed E-state index contributed by atoms with van der Waals surface area (Å²) in [5.74, 6) is 1.72. The Labute approximate surface area is 390 Å². The molecule has 0 unspecified atom stereocenters. The summed E-state index contributed by atoms with van der Waals surface area (Å²) in [4.78, 5) is 10.7. The zero-order valence-electron chi connectivity index (χ0n) is 36.0. The van der Waals surface area contributed by atoms with E-state index >= 15 is 0 Å². The third-order valence-electron chi connectivity index (χ3n) is 12.7. The first-order valence-corrected chi connectivity index (χ1v) is 23.2. The van der Waals surface area contributed by atoms with Crippen molar-refractivity contribution in [3.05, 3.63) is 231 Å². The highest BCUT2D eigenvalue weighted by molar-refractivity contribution is 7.17. The molecule has 0 aliphatic rings. The summed E-state index contributed by atoms with van der Waals surface area (Å²) in [6, 6.07) is 81.1. The quantitative estimate of drug-likeness (QED) is 0.153. The smallest absolute Gasteiger partial charge is 0.148 e. The summed E-state index contributed by atoms with van der Waals surface area (Å²) in [5.41, 5.74) is 14.8. The Morgan fingerprint density at radius 1 is 0.269 bits per heavy atom. The Bertz CT molecular complexity index is 3850. The molecule has 13 rings (SSSR count). The number of fused-ring (bicyclic) bond motifs is 6. The summed E-state index contributed by atoms with van der Waals surface area (Å²) < 4.78 is 4.59. The van der Waals surface area contributed by atoms with Gasteiger partial charge in [-0.2, -0.15) is 0 Å². The second-order valence-electron chi connectivity index (χ2n) is 16.7. The highest BCUT2D eigenvalue weighted by Gasteiger charge is 2.20. The molecule has 13 aromatic rings. The molecular formula is C60H38N6S. The number of benzene rings is 8. The molecule has 0 spiro atoms. The van der Waals surface area contributed by atoms with Crippen LogP contribution >= 0.6 is 11.3 Å². The molecule has 0 bridgehead atoms. The van der Waals surface area contributed by atoms with E-state index < -0.39 is 0 Å². The van der Waals surface area contributed by atoms with Crippen LogP contribution in [0.5, 0.6) is 0 Å². The molecule has 6 nitrogen and oxygen atoms in total. The molecule has 314 valence electrons. The average Bonchev–Trinajstić information content (AvgIpc) is 4.12. The number of rotatable bonds is 8. The second kappa shape index (κ2) is 16.0. The van der Waals surface area contributed by atoms with Gasteiger partial charge in [-0.15, -0.1) is 10.2 Å². The Morgan fingerprint density at radius 3 is 1.21 bits per heavy atom. The van der Waals surface area contributed by atoms with Crippen molar-refractivity contribution in [1.29, 1.82) is 0 Å². The Balaban J connectivity index is 0.926. The van der Waals surface area contributed by atoms with E-state index in [1.54, 1.807) is 11.3 Å². The molecule has 5 aromatic heterocycles. The SMILES string of the molecule is c1ccc(-c2cc(-c3ccccc3)nc(-n3c4ccccc4c4cc(-c5nnc(-c6ccc7c8ccccc8n(-c8cc(-c9ccccc9)cc(-c9ccccc9)n8)c7c6)s5)ccc43)c2)cc1. The number of aromatic nitrogens is 6. The first-order valence-electron chi connectivity index (χ1n) is 22.4. The zero-order chi connectivity index (χ0) is 44.3. The molecule has 0 saturated heterocycles. The Morgan fingerprint density at radius 2 is 0.672 bits per heavy atom. The van der Waals surface area contributed by atoms with Gasteiger partial charge in [0, 0.05) is 43.8 Å². The van der Waals surface area contributed by atoms with Crippen LogP contribution in [0.1, 0.15) is 0 Å². The van der Waals surface area contributed by atoms with Crippen molar-refractivity contribution in [3.63, 3.8) is 0 Å². The van der Waals surface area contributed by atoms with Crippen LogP contribution in [0.15, 0.2) is 231 Å². The topological polar surface area (TPSA) is 61.4 Å². The van der Waals surface area contributed by atoms with Gasteiger partial charge >= 0.3 is 0 Å². The Kier molecular flexibility index (Phi) is 9.25. The maximum atomic E-state index is 5.35. The highest BCUT2D eigenvalue weighted by atomic mass is 32.1. The fraction of sp³-hybridized carbons (Fsp3) is 0. The second-order valence-corrected chi connectivity index (χ2v) is 17.7. The van der Waals surface area contributed by atoms with Crippen molar-refractivity contribution in [2.45, 2.75) is 0 Å². The number of hydrogen-bond acceptors (Lipinski definition) is 5. The molecule has 0 aliphatic heterocycles. The van der Waals surface area contributed by atoms with E-state index in [1.807, 2.05) is 12.1 Å². The van der Waals surface area contributed by atoms with Crippen molar-refractivity contribution in [2.24, 2.45) is 0 Å². The predicted octanol–water partition coefficient (Wildman–Crippen LogP) is 15.5. The van der Waals surface area contributed by atoms with Gasteiger partial charge in [-0.3, -0.25) is 9.13 Å². The number of nitrogens with zero attached hydrogens (tertiary/aromatic N) is 6. The number of pyridine rings is 2. The lowest BCUT2D eigenvalue weighted by Gasteiger charge is -2.13. The summed E-state index contributed by atoms with van der Waals surface area (Å²) in [7, 11) is 0. The lowest BCUT2D eigenvalue weighted by atomic mass is 10.0. The monoisotopic (exact) mass is 874 g/mol. The van der Waals surface area contributed by atoms with Gasteiger partial charge in [-0.05, 0) is 82.9 Å². The summed E-state index contributed by atoms with van der Waals surface area (Å²) >= 11 is 1.61. The lowest BCUT2D eigenvalue weighted by molar-refractivity contribution is 1.08. The maximum Gasteiger partial charge on any atom is 0.148 e. The number of hydrogen-bond donors (Lipinski definition) is 0. The van der Waals surface area contributed by atoms with Gasteiger partial charge in [0.05, 0.1) is 33.5 Å². The van der Waals surface area contributed by atoms with Gasteiger partial charge < -0.3 is 0 Å². The third-order valence-corrected chi connectivity index (χ3v) is 13.7. The van der Waals surface area contributed by atoms with Crippen LogP contribution in [-0.4, -0.2) is 29.3 Å². The highest BCUT2D eigenvalue weighted by Crippen LogP contribution is 2.40. The maximum absolute atomic E-state index is 5.35. The molecular weight excluding hydrogens is 837 g/mol. The third kappa shape index (κ3) is 6.80. The summed E-state index contributed by atoms with van der Waals surface area (Å²) in [6.45, 7) is 0.